The maximum absolute atomic E-state index is 14.3. The number of carbonyl (C=O) groups is 12. The molecule has 1 aliphatic heterocycles. The molecule has 0 aromatic heterocycles. The van der Waals surface area contributed by atoms with Crippen LogP contribution in [0.4, 0.5) is 4.79 Å². The second-order valence-corrected chi connectivity index (χ2v) is 22.0. The molecule has 1 saturated heterocycles. The van der Waals surface area contributed by atoms with E-state index in [1.165, 1.54) is 0 Å². The molecule has 1 heterocycles. The molecule has 1 aromatic rings. The molecule has 1 aromatic carbocycles. The van der Waals surface area contributed by atoms with Crippen molar-refractivity contribution in [3.05, 3.63) is 35.9 Å². The zero-order valence-corrected chi connectivity index (χ0v) is 48.0. The molecule has 0 radical (unpaired) electrons. The van der Waals surface area contributed by atoms with E-state index in [4.69, 9.17) is 16.2 Å². The second-order valence-electron chi connectivity index (χ2n) is 22.0. The van der Waals surface area contributed by atoms with Crippen molar-refractivity contribution in [2.75, 3.05) is 78.5 Å². The van der Waals surface area contributed by atoms with Gasteiger partial charge in [-0.05, 0) is 62.3 Å². The molecule has 1 aliphatic rings. The summed E-state index contributed by atoms with van der Waals surface area (Å²) in [4.78, 5) is 156. The molecule has 470 valence electrons. The number of unbranched alkanes of at least 4 members (excludes halogenated alkanes) is 1. The maximum atomic E-state index is 14.3. The Balaban J connectivity index is 2.13. The second kappa shape index (κ2) is 36.4. The molecule has 31 nitrogen and oxygen atoms in total. The van der Waals surface area contributed by atoms with Gasteiger partial charge in [-0.25, -0.2) is 19.2 Å². The van der Waals surface area contributed by atoms with E-state index in [1.54, 1.807) is 72.7 Å². The monoisotopic (exact) mass is 1190 g/mol. The van der Waals surface area contributed by atoms with Crippen LogP contribution in [0.15, 0.2) is 30.3 Å². The number of hydrogen-bond acceptors (Lipinski definition) is 16. The number of carbonyl (C=O) groups excluding carboxylic acids is 6. The van der Waals surface area contributed by atoms with Gasteiger partial charge in [-0.2, -0.15) is 0 Å². The molecule has 0 saturated carbocycles. The van der Waals surface area contributed by atoms with Gasteiger partial charge in [-0.3, -0.25) is 58.5 Å². The number of rotatable bonds is 38. The van der Waals surface area contributed by atoms with Crippen molar-refractivity contribution in [2.45, 2.75) is 129 Å². The number of guanidine groups is 1. The molecular weight excluding hydrogens is 1110 g/mol. The van der Waals surface area contributed by atoms with Crippen LogP contribution >= 0.6 is 0 Å². The first-order valence-corrected chi connectivity index (χ1v) is 27.5. The van der Waals surface area contributed by atoms with Crippen molar-refractivity contribution >= 4 is 77.3 Å². The molecule has 17 N–H and O–H groups in total. The van der Waals surface area contributed by atoms with Gasteiger partial charge in [0.25, 0.3) is 0 Å². The number of amides is 7. The number of hydrogen-bond donors (Lipinski definition) is 16. The van der Waals surface area contributed by atoms with Gasteiger partial charge in [0.05, 0.1) is 19.6 Å². The molecule has 84 heavy (non-hydrogen) atoms. The number of nitrogens with zero attached hydrogens (tertiary/aromatic N) is 3. The standard InChI is InChI=1S/C53H85N13O18/c1-52(2,32-58-39(67)17-15-36(47(79)80)62-51(84)63-37(48(81)82)16-18-41(69)70)31-53(3,4)49(83)61-38(27-33-11-6-5-7-12-33)45(76)59-34(14-10-20-57-50(54)55)44(75)60-35(46(77)78)13-8-9-19-56-40(68)28-64-21-23-65(29-42(71)72)25-26-66(24-22-64)30-43(73)74/h5-7,11-12,34-38H,8-10,13-32H2,1-4H3,(H,56,68)(H,58,67)(H,59,76)(H,60,75)(H,61,83)(H,69,70)(H,71,72)(H,73,74)(H,77,78)(H,79,80)(H,81,82)(H4,54,55,57)(H2,62,63,84)/t34-,35-,36?,37?,38-/m0/s1. The lowest BCUT2D eigenvalue weighted by Gasteiger charge is -2.35. The third-order valence-electron chi connectivity index (χ3n) is 13.5. The number of nitrogens with two attached hydrogens (primary N) is 1. The highest BCUT2D eigenvalue weighted by Gasteiger charge is 2.38. The summed E-state index contributed by atoms with van der Waals surface area (Å²) in [5.74, 6) is -11.4. The molecule has 0 bridgehead atoms. The minimum atomic E-state index is -1.63. The van der Waals surface area contributed by atoms with Crippen molar-refractivity contribution in [2.24, 2.45) is 16.6 Å². The lowest BCUT2D eigenvalue weighted by molar-refractivity contribution is -0.143. The molecule has 7 amide bonds. The predicted octanol–water partition coefficient (Wildman–Crippen LogP) is -2.18. The van der Waals surface area contributed by atoms with Gasteiger partial charge < -0.3 is 78.9 Å². The van der Waals surface area contributed by atoms with Crippen molar-refractivity contribution < 1.29 is 88.2 Å². The quantitative estimate of drug-likeness (QED) is 0.0190. The Morgan fingerprint density at radius 2 is 0.988 bits per heavy atom. The lowest BCUT2D eigenvalue weighted by atomic mass is 9.74. The lowest BCUT2D eigenvalue weighted by Crippen LogP contribution is -2.57. The first-order valence-electron chi connectivity index (χ1n) is 27.5. The average molecular weight is 1190 g/mol. The highest BCUT2D eigenvalue weighted by molar-refractivity contribution is 5.94. The van der Waals surface area contributed by atoms with Crippen molar-refractivity contribution in [3.8, 4) is 0 Å². The van der Waals surface area contributed by atoms with Gasteiger partial charge in [0.1, 0.15) is 30.2 Å². The summed E-state index contributed by atoms with van der Waals surface area (Å²) in [6.07, 6.45) is -1.23. The van der Waals surface area contributed by atoms with E-state index in [0.717, 1.165) is 0 Å². The van der Waals surface area contributed by atoms with E-state index in [0.29, 0.717) is 51.3 Å². The molecule has 1 fully saturated rings. The smallest absolute Gasteiger partial charge is 0.326 e. The van der Waals surface area contributed by atoms with Crippen LogP contribution in [0.1, 0.15) is 97.5 Å². The Kier molecular flexibility index (Phi) is 31.2. The number of carboxylic acids is 6. The molecule has 0 spiro atoms. The fourth-order valence-electron chi connectivity index (χ4n) is 9.20. The van der Waals surface area contributed by atoms with Crippen LogP contribution in [0.5, 0.6) is 0 Å². The number of carboxylic acid groups (broad SMARTS) is 6. The highest BCUT2D eigenvalue weighted by atomic mass is 16.4. The van der Waals surface area contributed by atoms with E-state index < -0.39 is 132 Å². The topological polar surface area (TPSA) is 482 Å². The summed E-state index contributed by atoms with van der Waals surface area (Å²) in [6.45, 7) is 8.44. The van der Waals surface area contributed by atoms with Gasteiger partial charge in [0.2, 0.25) is 29.5 Å². The number of aliphatic carboxylic acids is 6. The van der Waals surface area contributed by atoms with Crippen LogP contribution in [-0.2, 0) is 59.2 Å². The van der Waals surface area contributed by atoms with Crippen LogP contribution in [0.2, 0.25) is 0 Å². The Morgan fingerprint density at radius 1 is 0.524 bits per heavy atom. The zero-order valence-electron chi connectivity index (χ0n) is 48.0. The van der Waals surface area contributed by atoms with E-state index in [-0.39, 0.29) is 89.7 Å². The highest BCUT2D eigenvalue weighted by Crippen LogP contribution is 2.34. The molecule has 31 heteroatoms. The molecule has 2 unspecified atom stereocenters. The third-order valence-corrected chi connectivity index (χ3v) is 13.5. The Labute approximate surface area is 486 Å². The summed E-state index contributed by atoms with van der Waals surface area (Å²) in [5.41, 5.74) is 4.04. The minimum Gasteiger partial charge on any atom is -0.481 e. The van der Waals surface area contributed by atoms with Crippen molar-refractivity contribution in [1.82, 2.24) is 57.2 Å². The summed E-state index contributed by atoms with van der Waals surface area (Å²) in [6, 6.07) is 0.118. The predicted molar refractivity (Wildman–Crippen MR) is 300 cm³/mol. The largest absolute Gasteiger partial charge is 0.481 e. The fourth-order valence-corrected chi connectivity index (χ4v) is 9.20. The van der Waals surface area contributed by atoms with Crippen LogP contribution in [0.25, 0.3) is 0 Å². The maximum Gasteiger partial charge on any atom is 0.326 e. The molecule has 0 aliphatic carbocycles. The molecule has 5 atom stereocenters. The Morgan fingerprint density at radius 3 is 1.49 bits per heavy atom. The van der Waals surface area contributed by atoms with E-state index in [9.17, 15) is 83.1 Å². The average Bonchev–Trinajstić information content (AvgIpc) is 3.69. The number of urea groups is 1. The summed E-state index contributed by atoms with van der Waals surface area (Å²) in [5, 5.41) is 84.4. The van der Waals surface area contributed by atoms with Gasteiger partial charge in [-0.15, -0.1) is 0 Å². The minimum absolute atomic E-state index is 0.0217. The Hall–Kier alpha value is -8.19. The fraction of sp³-hybridized carbons (Fsp3) is 0.642. The first kappa shape index (κ1) is 71.9. The SMILES string of the molecule is CC(C)(CNC(=O)CCC(NC(=O)NC(CCC(=O)O)C(=O)O)C(=O)O)CC(C)(C)C(=O)N[C@@H](Cc1ccccc1)C(=O)N[C@@H](CCCNC(=N)N)C(=O)N[C@@H](CCCCNC(=O)CN1CCN(CC(=O)O)CCN(CC(=O)O)CC1)C(=O)O. The number of benzene rings is 1. The van der Waals surface area contributed by atoms with Gasteiger partial charge in [0.15, 0.2) is 5.96 Å². The number of nitrogens with one attached hydrogen (secondary N) is 9. The molecular formula is C53H85N13O18. The zero-order chi connectivity index (χ0) is 63.2. The van der Waals surface area contributed by atoms with Gasteiger partial charge in [-0.1, -0.05) is 58.0 Å². The summed E-state index contributed by atoms with van der Waals surface area (Å²) < 4.78 is 0. The van der Waals surface area contributed by atoms with Gasteiger partial charge >= 0.3 is 41.8 Å². The van der Waals surface area contributed by atoms with E-state index in [2.05, 4.69) is 37.2 Å². The first-order chi connectivity index (χ1) is 39.4. The van der Waals surface area contributed by atoms with E-state index >= 15 is 0 Å². The van der Waals surface area contributed by atoms with Crippen LogP contribution < -0.4 is 48.3 Å². The van der Waals surface area contributed by atoms with Crippen LogP contribution in [-0.4, -0.2) is 231 Å². The van der Waals surface area contributed by atoms with Gasteiger partial charge in [0, 0.05) is 83.6 Å². The molecule has 2 rings (SSSR count). The summed E-state index contributed by atoms with van der Waals surface area (Å²) in [7, 11) is 0. The normalized spacial score (nSPS) is 15.3. The van der Waals surface area contributed by atoms with Crippen LogP contribution in [0, 0.1) is 16.2 Å². The van der Waals surface area contributed by atoms with Crippen LogP contribution in [0.3, 0.4) is 0 Å². The summed E-state index contributed by atoms with van der Waals surface area (Å²) >= 11 is 0. The van der Waals surface area contributed by atoms with Crippen molar-refractivity contribution in [3.63, 3.8) is 0 Å². The van der Waals surface area contributed by atoms with Crippen molar-refractivity contribution in [1.29, 1.82) is 5.41 Å². The Bertz CT molecular complexity index is 2400. The van der Waals surface area contributed by atoms with E-state index in [1.807, 2.05) is 5.32 Å². The third kappa shape index (κ3) is 30.2.